The Kier molecular flexibility index (Phi) is 3.87. The molecular formula is C17H18N6S. The van der Waals surface area contributed by atoms with E-state index in [-0.39, 0.29) is 12.2 Å². The van der Waals surface area contributed by atoms with Gasteiger partial charge in [0.2, 0.25) is 0 Å². The second-order valence-corrected chi connectivity index (χ2v) is 6.59. The third-order valence-electron chi connectivity index (χ3n) is 4.15. The number of hydrogen-bond donors (Lipinski definition) is 3. The van der Waals surface area contributed by atoms with Crippen molar-refractivity contribution in [1.29, 1.82) is 0 Å². The Morgan fingerprint density at radius 1 is 1.21 bits per heavy atom. The van der Waals surface area contributed by atoms with E-state index in [4.69, 9.17) is 4.99 Å². The van der Waals surface area contributed by atoms with Crippen molar-refractivity contribution >= 4 is 22.9 Å². The molecule has 1 aliphatic rings. The zero-order valence-electron chi connectivity index (χ0n) is 13.4. The quantitative estimate of drug-likeness (QED) is 0.686. The van der Waals surface area contributed by atoms with Gasteiger partial charge in [0, 0.05) is 16.6 Å². The summed E-state index contributed by atoms with van der Waals surface area (Å²) in [5.74, 6) is 0.823. The molecule has 0 saturated heterocycles. The molecule has 3 aromatic rings. The van der Waals surface area contributed by atoms with E-state index in [1.165, 1.54) is 4.88 Å². The van der Waals surface area contributed by atoms with E-state index in [0.717, 1.165) is 28.5 Å². The molecule has 0 amide bonds. The summed E-state index contributed by atoms with van der Waals surface area (Å²) in [6, 6.07) is 8.09. The molecule has 24 heavy (non-hydrogen) atoms. The predicted molar refractivity (Wildman–Crippen MR) is 96.7 cm³/mol. The van der Waals surface area contributed by atoms with Crippen LogP contribution in [0.3, 0.4) is 0 Å². The average molecular weight is 338 g/mol. The molecule has 3 aromatic heterocycles. The van der Waals surface area contributed by atoms with Crippen LogP contribution in [0.2, 0.25) is 0 Å². The lowest BCUT2D eigenvalue weighted by Gasteiger charge is -2.23. The average Bonchev–Trinajstić information content (AvgIpc) is 3.24. The van der Waals surface area contributed by atoms with Gasteiger partial charge in [-0.1, -0.05) is 6.07 Å². The predicted octanol–water partition coefficient (Wildman–Crippen LogP) is 2.72. The van der Waals surface area contributed by atoms with Crippen LogP contribution in [-0.4, -0.2) is 33.9 Å². The summed E-state index contributed by atoms with van der Waals surface area (Å²) >= 11 is 1.71. The summed E-state index contributed by atoms with van der Waals surface area (Å²) in [4.78, 5) is 18.4. The number of nitrogens with one attached hydrogen (secondary N) is 3. The van der Waals surface area contributed by atoms with E-state index in [2.05, 4.69) is 43.1 Å². The maximum atomic E-state index is 5.11. The molecule has 4 heterocycles. The normalized spacial score (nSPS) is 20.0. The van der Waals surface area contributed by atoms with Crippen LogP contribution in [0.5, 0.6) is 0 Å². The maximum absolute atomic E-state index is 5.11. The van der Waals surface area contributed by atoms with Crippen molar-refractivity contribution in [3.05, 3.63) is 64.0 Å². The van der Waals surface area contributed by atoms with Gasteiger partial charge in [0.1, 0.15) is 18.0 Å². The Morgan fingerprint density at radius 2 is 2.12 bits per heavy atom. The molecule has 0 bridgehead atoms. The second kappa shape index (κ2) is 6.18. The van der Waals surface area contributed by atoms with Crippen LogP contribution in [-0.2, 0) is 0 Å². The monoisotopic (exact) mass is 338 g/mol. The van der Waals surface area contributed by atoms with Gasteiger partial charge in [-0.3, -0.25) is 10.3 Å². The van der Waals surface area contributed by atoms with Crippen molar-refractivity contribution in [3.63, 3.8) is 0 Å². The fourth-order valence-corrected chi connectivity index (χ4v) is 3.74. The molecule has 3 N–H and O–H groups in total. The molecule has 0 aromatic carbocycles. The number of aliphatic imine (C=N–C) groups is 1. The molecule has 2 unspecified atom stereocenters. The Balaban J connectivity index is 1.93. The number of fused-ring (bicyclic) bond motifs is 1. The van der Waals surface area contributed by atoms with E-state index in [9.17, 15) is 0 Å². The number of hydrogen-bond acceptors (Lipinski definition) is 6. The van der Waals surface area contributed by atoms with Gasteiger partial charge in [-0.05, 0) is 37.6 Å². The standard InChI is InChI=1S/C17H18N6S/c1-10-13(21-9-20-10)14-11-5-3-7-19-16(11)23-17(18-2)15(22-14)12-6-4-8-24-12/h3-9,15,17-18H,1-2H3,(H,19,23)(H,20,21). The summed E-state index contributed by atoms with van der Waals surface area (Å²) in [7, 11) is 1.93. The fraction of sp³-hybridized carbons (Fsp3) is 0.235. The number of imidazole rings is 1. The van der Waals surface area contributed by atoms with Gasteiger partial charge in [-0.25, -0.2) is 9.97 Å². The zero-order valence-corrected chi connectivity index (χ0v) is 14.3. The lowest BCUT2D eigenvalue weighted by molar-refractivity contribution is 0.528. The number of thiophene rings is 1. The van der Waals surface area contributed by atoms with Crippen LogP contribution in [0.4, 0.5) is 5.82 Å². The smallest absolute Gasteiger partial charge is 0.136 e. The van der Waals surface area contributed by atoms with Gasteiger partial charge in [-0.15, -0.1) is 11.3 Å². The lowest BCUT2D eigenvalue weighted by Crippen LogP contribution is -2.38. The second-order valence-electron chi connectivity index (χ2n) is 5.61. The lowest BCUT2D eigenvalue weighted by atomic mass is 10.1. The first-order chi connectivity index (χ1) is 11.8. The van der Waals surface area contributed by atoms with Gasteiger partial charge in [0.05, 0.1) is 23.4 Å². The SMILES string of the molecule is CNC1Nc2ncccc2C(c2[nH]cnc2C)=NC1c1cccs1. The molecule has 122 valence electrons. The number of rotatable bonds is 3. The molecule has 7 heteroatoms. The largest absolute Gasteiger partial charge is 0.352 e. The van der Waals surface area contributed by atoms with Crippen molar-refractivity contribution in [2.45, 2.75) is 19.1 Å². The van der Waals surface area contributed by atoms with Crippen molar-refractivity contribution in [1.82, 2.24) is 20.3 Å². The van der Waals surface area contributed by atoms with E-state index >= 15 is 0 Å². The van der Waals surface area contributed by atoms with Crippen LogP contribution in [0.25, 0.3) is 0 Å². The van der Waals surface area contributed by atoms with Crippen molar-refractivity contribution < 1.29 is 0 Å². The zero-order chi connectivity index (χ0) is 16.5. The maximum Gasteiger partial charge on any atom is 0.136 e. The minimum atomic E-state index is -0.0538. The molecule has 1 aliphatic heterocycles. The highest BCUT2D eigenvalue weighted by Gasteiger charge is 2.29. The minimum Gasteiger partial charge on any atom is -0.352 e. The van der Waals surface area contributed by atoms with Crippen LogP contribution >= 0.6 is 11.3 Å². The molecule has 0 fully saturated rings. The molecule has 0 radical (unpaired) electrons. The minimum absolute atomic E-state index is 0.0435. The van der Waals surface area contributed by atoms with Crippen molar-refractivity contribution in [3.8, 4) is 0 Å². The van der Waals surface area contributed by atoms with Crippen molar-refractivity contribution in [2.24, 2.45) is 4.99 Å². The van der Waals surface area contributed by atoms with Gasteiger partial charge in [0.15, 0.2) is 0 Å². The molecule has 0 saturated carbocycles. The molecular weight excluding hydrogens is 320 g/mol. The van der Waals surface area contributed by atoms with Crippen LogP contribution < -0.4 is 10.6 Å². The summed E-state index contributed by atoms with van der Waals surface area (Å²) in [6.07, 6.45) is 3.46. The molecule has 0 spiro atoms. The Bertz CT molecular complexity index is 867. The van der Waals surface area contributed by atoms with Gasteiger partial charge in [0.25, 0.3) is 0 Å². The number of aromatic amines is 1. The fourth-order valence-electron chi connectivity index (χ4n) is 2.94. The summed E-state index contributed by atoms with van der Waals surface area (Å²) in [5.41, 5.74) is 3.72. The van der Waals surface area contributed by atoms with E-state index in [1.807, 2.05) is 26.1 Å². The number of nitrogens with zero attached hydrogens (tertiary/aromatic N) is 3. The number of pyridine rings is 1. The summed E-state index contributed by atoms with van der Waals surface area (Å²) in [5, 5.41) is 8.90. The molecule has 6 nitrogen and oxygen atoms in total. The Labute approximate surface area is 144 Å². The first kappa shape index (κ1) is 15.0. The number of H-pyrrole nitrogens is 1. The number of anilines is 1. The summed E-state index contributed by atoms with van der Waals surface area (Å²) < 4.78 is 0. The van der Waals surface area contributed by atoms with Crippen molar-refractivity contribution in [2.75, 3.05) is 12.4 Å². The molecule has 4 rings (SSSR count). The van der Waals surface area contributed by atoms with Crippen LogP contribution in [0, 0.1) is 6.92 Å². The van der Waals surface area contributed by atoms with Crippen LogP contribution in [0.1, 0.15) is 27.9 Å². The van der Waals surface area contributed by atoms with E-state index in [0.29, 0.717) is 0 Å². The number of aromatic nitrogens is 3. The van der Waals surface area contributed by atoms with Gasteiger partial charge >= 0.3 is 0 Å². The topological polar surface area (TPSA) is 78.0 Å². The van der Waals surface area contributed by atoms with E-state index < -0.39 is 0 Å². The first-order valence-corrected chi connectivity index (χ1v) is 8.66. The third kappa shape index (κ3) is 2.51. The third-order valence-corrected chi connectivity index (χ3v) is 5.09. The van der Waals surface area contributed by atoms with E-state index in [1.54, 1.807) is 23.9 Å². The number of likely N-dealkylation sites (N-methyl/N-ethyl adjacent to an activating group) is 1. The van der Waals surface area contributed by atoms with Gasteiger partial charge < -0.3 is 10.3 Å². The Hall–Kier alpha value is -2.51. The highest BCUT2D eigenvalue weighted by molar-refractivity contribution is 7.10. The summed E-state index contributed by atoms with van der Waals surface area (Å²) in [6.45, 7) is 1.98. The number of aryl methyl sites for hydroxylation is 1. The highest BCUT2D eigenvalue weighted by atomic mass is 32.1. The Morgan fingerprint density at radius 3 is 2.83 bits per heavy atom. The van der Waals surface area contributed by atoms with Crippen LogP contribution in [0.15, 0.2) is 47.2 Å². The van der Waals surface area contributed by atoms with Gasteiger partial charge in [-0.2, -0.15) is 0 Å². The molecule has 0 aliphatic carbocycles. The highest BCUT2D eigenvalue weighted by Crippen LogP contribution is 2.32. The molecule has 2 atom stereocenters. The first-order valence-electron chi connectivity index (χ1n) is 7.78.